The van der Waals surface area contributed by atoms with Crippen molar-refractivity contribution in [2.75, 3.05) is 25.6 Å². The first kappa shape index (κ1) is 64.7. The monoisotopic (exact) mass is 1070 g/mol. The summed E-state index contributed by atoms with van der Waals surface area (Å²) in [5.41, 5.74) is 4.57. The number of hydrogen-bond acceptors (Lipinski definition) is 16. The highest BCUT2D eigenvalue weighted by molar-refractivity contribution is 7.61. The largest absolute Gasteiger partial charge is 0.481 e. The molecule has 6 N–H and O–H groups in total. The normalized spacial score (nSPS) is 19.6. The Hall–Kier alpha value is -4.39. The summed E-state index contributed by atoms with van der Waals surface area (Å²) < 4.78 is 56.7. The van der Waals surface area contributed by atoms with Gasteiger partial charge in [0.15, 0.2) is 18.1 Å². The molecule has 0 saturated carbocycles. The SMILES string of the molecule is CC/C=C\C/C=C\C/C=C\C/C=C\C/C=C\CCCCCC(=O)OC[C@H](COP(=O)(O)OP(=O)(O)OC[C@H]1O[C@@H](n2ccc(N)nc2=O)[C@H](O)[C@@H]1O)OC(=O)CCCCCCC/C=C\C=C\C(=O)CCCCC. The average molecular weight is 1070 g/mol. The van der Waals surface area contributed by atoms with Crippen LogP contribution < -0.4 is 11.4 Å². The van der Waals surface area contributed by atoms with E-state index in [0.717, 1.165) is 107 Å². The van der Waals surface area contributed by atoms with E-state index in [-0.39, 0.29) is 24.4 Å². The van der Waals surface area contributed by atoms with Crippen molar-refractivity contribution < 1.29 is 71.1 Å². The highest BCUT2D eigenvalue weighted by atomic mass is 31.3. The number of anilines is 1. The van der Waals surface area contributed by atoms with Crippen molar-refractivity contribution in [3.8, 4) is 0 Å². The smallest absolute Gasteiger partial charge is 0.462 e. The van der Waals surface area contributed by atoms with E-state index < -0.39 is 83.7 Å². The van der Waals surface area contributed by atoms with Crippen molar-refractivity contribution in [1.29, 1.82) is 0 Å². The van der Waals surface area contributed by atoms with Crippen LogP contribution in [0.15, 0.2) is 102 Å². The minimum Gasteiger partial charge on any atom is -0.462 e. The van der Waals surface area contributed by atoms with Gasteiger partial charge >= 0.3 is 33.3 Å². The second-order valence-electron chi connectivity index (χ2n) is 17.3. The molecule has 2 unspecified atom stereocenters. The molecular formula is C52H81N3O16P2. The minimum absolute atomic E-state index is 0.0135. The van der Waals surface area contributed by atoms with Crippen LogP contribution in [0.4, 0.5) is 5.82 Å². The van der Waals surface area contributed by atoms with Gasteiger partial charge in [-0.25, -0.2) is 13.9 Å². The van der Waals surface area contributed by atoms with Crippen LogP contribution in [0.5, 0.6) is 0 Å². The van der Waals surface area contributed by atoms with E-state index in [0.29, 0.717) is 25.7 Å². The van der Waals surface area contributed by atoms with E-state index in [1.54, 1.807) is 12.2 Å². The predicted molar refractivity (Wildman–Crippen MR) is 280 cm³/mol. The van der Waals surface area contributed by atoms with Gasteiger partial charge in [0.2, 0.25) is 0 Å². The first-order chi connectivity index (χ1) is 35.1. The standard InChI is InChI=1S/C52H81N3O16P2/c1-3-5-7-8-9-10-11-12-13-14-15-16-17-18-19-22-25-28-32-36-47(57)66-40-44(69-48(58)37-33-29-26-23-20-21-24-27-31-35-43(56)34-30-6-4-2)41-67-72(62,63)71-73(64,65)68-42-45-49(59)50(60)51(70-45)55-39-38-46(53)54-52(55)61/h5,7,9-10,12-13,15-16,18-19,24,27,31,35,38-39,44-45,49-51,59-60H,3-4,6,8,11,14,17,20-23,25-26,28-30,32-34,36-37,40-42H2,1-2H3,(H,62,63)(H,64,65)(H2,53,54,61)/b7-5-,10-9-,13-12-,16-15-,19-18-,27-24-,35-31+/t44-,45-,49-,50-,51-/m1/s1. The number of nitrogens with two attached hydrogens (primary N) is 1. The number of ether oxygens (including phenoxy) is 3. The Kier molecular flexibility index (Phi) is 34.7. The maximum atomic E-state index is 12.9. The summed E-state index contributed by atoms with van der Waals surface area (Å²) in [7, 11) is -10.9. The van der Waals surface area contributed by atoms with E-state index >= 15 is 0 Å². The van der Waals surface area contributed by atoms with Gasteiger partial charge in [0.05, 0.1) is 13.2 Å². The molecule has 1 aromatic heterocycles. The van der Waals surface area contributed by atoms with Gasteiger partial charge in [0.25, 0.3) is 0 Å². The van der Waals surface area contributed by atoms with Crippen LogP contribution in [-0.2, 0) is 51.1 Å². The first-order valence-corrected chi connectivity index (χ1v) is 28.5. The lowest BCUT2D eigenvalue weighted by Gasteiger charge is -2.21. The molecule has 410 valence electrons. The number of hydrogen-bond donors (Lipinski definition) is 5. The second kappa shape index (κ2) is 39.1. The quantitative estimate of drug-likeness (QED) is 0.0102. The summed E-state index contributed by atoms with van der Waals surface area (Å²) in [6.45, 7) is 1.81. The van der Waals surface area contributed by atoms with Crippen molar-refractivity contribution in [2.24, 2.45) is 0 Å². The maximum Gasteiger partial charge on any atom is 0.481 e. The molecule has 2 rings (SSSR count). The molecule has 0 radical (unpaired) electrons. The van der Waals surface area contributed by atoms with Gasteiger partial charge in [-0.2, -0.15) is 9.29 Å². The third kappa shape index (κ3) is 31.8. The molecule has 1 aliphatic heterocycles. The lowest BCUT2D eigenvalue weighted by atomic mass is 10.1. The first-order valence-electron chi connectivity index (χ1n) is 25.6. The molecule has 19 nitrogen and oxygen atoms in total. The fraction of sp³-hybridized carbons (Fsp3) is 0.596. The number of aliphatic hydroxyl groups is 2. The molecule has 0 amide bonds. The highest BCUT2D eigenvalue weighted by Gasteiger charge is 2.46. The van der Waals surface area contributed by atoms with Crippen molar-refractivity contribution in [2.45, 2.75) is 179 Å². The number of phosphoric ester groups is 2. The van der Waals surface area contributed by atoms with Crippen LogP contribution in [0.1, 0.15) is 155 Å². The molecular weight excluding hydrogens is 985 g/mol. The van der Waals surface area contributed by atoms with E-state index in [1.807, 2.05) is 12.2 Å². The van der Waals surface area contributed by atoms with Crippen LogP contribution in [0.2, 0.25) is 0 Å². The number of carbonyl (C=O) groups is 3. The van der Waals surface area contributed by atoms with Crippen molar-refractivity contribution in [3.05, 3.63) is 108 Å². The van der Waals surface area contributed by atoms with Gasteiger partial charge in [-0.05, 0) is 89.2 Å². The third-order valence-electron chi connectivity index (χ3n) is 10.9. The van der Waals surface area contributed by atoms with Crippen molar-refractivity contribution >= 4 is 39.2 Å². The molecule has 1 aromatic rings. The molecule has 7 atom stereocenters. The summed E-state index contributed by atoms with van der Waals surface area (Å²) in [5, 5.41) is 20.9. The number of aliphatic hydroxyl groups excluding tert-OH is 2. The molecule has 0 spiro atoms. The molecule has 73 heavy (non-hydrogen) atoms. The van der Waals surface area contributed by atoms with E-state index in [9.17, 15) is 48.3 Å². The molecule has 2 heterocycles. The van der Waals surface area contributed by atoms with Crippen LogP contribution >= 0.6 is 15.6 Å². The van der Waals surface area contributed by atoms with E-state index in [4.69, 9.17) is 29.0 Å². The fourth-order valence-corrected chi connectivity index (χ4v) is 9.08. The van der Waals surface area contributed by atoms with Crippen molar-refractivity contribution in [3.63, 3.8) is 0 Å². The molecule has 1 saturated heterocycles. The average Bonchev–Trinajstić information content (AvgIpc) is 3.62. The number of ketones is 1. The van der Waals surface area contributed by atoms with Crippen LogP contribution in [-0.4, -0.2) is 91.5 Å². The topological polar surface area (TPSA) is 283 Å². The maximum absolute atomic E-state index is 12.9. The predicted octanol–water partition coefficient (Wildman–Crippen LogP) is 9.84. The Labute approximate surface area is 431 Å². The Morgan fingerprint density at radius 2 is 1.27 bits per heavy atom. The summed E-state index contributed by atoms with van der Waals surface area (Å²) in [5.74, 6) is -1.29. The number of rotatable bonds is 41. The van der Waals surface area contributed by atoms with Gasteiger partial charge in [-0.1, -0.05) is 131 Å². The highest BCUT2D eigenvalue weighted by Crippen LogP contribution is 2.60. The van der Waals surface area contributed by atoms with E-state index in [2.05, 4.69) is 83.9 Å². The molecule has 21 heteroatoms. The zero-order valence-corrected chi connectivity index (χ0v) is 44.4. The Morgan fingerprint density at radius 3 is 1.92 bits per heavy atom. The second-order valence-corrected chi connectivity index (χ2v) is 20.4. The number of nitrogens with zero attached hydrogens (tertiary/aromatic N) is 2. The molecule has 1 fully saturated rings. The van der Waals surface area contributed by atoms with Crippen LogP contribution in [0.25, 0.3) is 0 Å². The van der Waals surface area contributed by atoms with Crippen molar-refractivity contribution in [1.82, 2.24) is 9.55 Å². The fourth-order valence-electron chi connectivity index (χ4n) is 6.97. The molecule has 0 bridgehead atoms. The lowest BCUT2D eigenvalue weighted by Crippen LogP contribution is -2.36. The number of unbranched alkanes of at least 4 members (excludes halogenated alkanes) is 10. The molecule has 0 aliphatic carbocycles. The molecule has 1 aliphatic rings. The van der Waals surface area contributed by atoms with Gasteiger partial charge in [-0.15, -0.1) is 0 Å². The van der Waals surface area contributed by atoms with Gasteiger partial charge < -0.3 is 39.9 Å². The van der Waals surface area contributed by atoms with Crippen LogP contribution in [0, 0.1) is 0 Å². The lowest BCUT2D eigenvalue weighted by molar-refractivity contribution is -0.161. The zero-order valence-electron chi connectivity index (χ0n) is 42.6. The Morgan fingerprint density at radius 1 is 0.712 bits per heavy atom. The number of phosphoric acid groups is 2. The third-order valence-corrected chi connectivity index (χ3v) is 13.5. The van der Waals surface area contributed by atoms with E-state index in [1.165, 1.54) is 6.07 Å². The van der Waals surface area contributed by atoms with Gasteiger partial charge in [-0.3, -0.25) is 28.0 Å². The van der Waals surface area contributed by atoms with Gasteiger partial charge in [0.1, 0.15) is 30.7 Å². The number of carbonyl (C=O) groups excluding carboxylic acids is 3. The number of nitrogen functional groups attached to an aromatic ring is 1. The van der Waals surface area contributed by atoms with Crippen LogP contribution in [0.3, 0.4) is 0 Å². The van der Waals surface area contributed by atoms with Gasteiger partial charge in [0, 0.05) is 25.5 Å². The molecule has 0 aromatic carbocycles. The summed E-state index contributed by atoms with van der Waals surface area (Å²) in [4.78, 5) is 73.7. The number of allylic oxidation sites excluding steroid dienone is 14. The Balaban J connectivity index is 1.83. The summed E-state index contributed by atoms with van der Waals surface area (Å²) in [6.07, 6.45) is 37.9. The minimum atomic E-state index is -5.45. The zero-order chi connectivity index (χ0) is 53.6. The number of esters is 2. The number of aromatic nitrogens is 2. The summed E-state index contributed by atoms with van der Waals surface area (Å²) in [6, 6.07) is 1.24. The Bertz CT molecular complexity index is 2120. The summed E-state index contributed by atoms with van der Waals surface area (Å²) >= 11 is 0.